The van der Waals surface area contributed by atoms with Crippen LogP contribution in [0.3, 0.4) is 0 Å². The van der Waals surface area contributed by atoms with Gasteiger partial charge in [-0.25, -0.2) is 13.2 Å². The Morgan fingerprint density at radius 1 is 1.30 bits per heavy atom. The van der Waals surface area contributed by atoms with Crippen molar-refractivity contribution < 1.29 is 22.7 Å². The summed E-state index contributed by atoms with van der Waals surface area (Å²) in [4.78, 5) is 26.1. The highest BCUT2D eigenvalue weighted by atomic mass is 32.2. The SMILES string of the molecule is C#CCNS(=O)(=O)c1cccc(C(=O)OCC(=O)N2CC(C)CC(C)C2)c1. The summed E-state index contributed by atoms with van der Waals surface area (Å²) in [5.41, 5.74) is 0.0479. The van der Waals surface area contributed by atoms with Crippen molar-refractivity contribution in [3.05, 3.63) is 29.8 Å². The highest BCUT2D eigenvalue weighted by Gasteiger charge is 2.26. The van der Waals surface area contributed by atoms with Gasteiger partial charge in [-0.15, -0.1) is 6.42 Å². The first-order valence-corrected chi connectivity index (χ1v) is 10.2. The van der Waals surface area contributed by atoms with Gasteiger partial charge in [0.05, 0.1) is 17.0 Å². The van der Waals surface area contributed by atoms with Gasteiger partial charge in [0, 0.05) is 13.1 Å². The standard InChI is InChI=1S/C19H24N2O5S/c1-4-8-20-27(24,25)17-7-5-6-16(10-17)19(23)26-13-18(22)21-11-14(2)9-15(3)12-21/h1,5-7,10,14-15,20H,8-9,11-13H2,2-3H3. The molecule has 8 heteroatoms. The van der Waals surface area contributed by atoms with Crippen molar-refractivity contribution in [1.29, 1.82) is 0 Å². The molecule has 2 unspecified atom stereocenters. The van der Waals surface area contributed by atoms with Crippen molar-refractivity contribution >= 4 is 21.9 Å². The number of amides is 1. The number of carbonyl (C=O) groups is 2. The van der Waals surface area contributed by atoms with Crippen molar-refractivity contribution in [2.24, 2.45) is 11.8 Å². The zero-order chi connectivity index (χ0) is 20.0. The van der Waals surface area contributed by atoms with Crippen LogP contribution in [0, 0.1) is 24.2 Å². The van der Waals surface area contributed by atoms with E-state index in [-0.39, 0.29) is 29.5 Å². The molecule has 1 saturated heterocycles. The topological polar surface area (TPSA) is 92.8 Å². The lowest BCUT2D eigenvalue weighted by atomic mass is 9.92. The van der Waals surface area contributed by atoms with Gasteiger partial charge in [-0.3, -0.25) is 4.79 Å². The summed E-state index contributed by atoms with van der Waals surface area (Å²) in [5.74, 6) is 1.99. The Balaban J connectivity index is 1.99. The Kier molecular flexibility index (Phi) is 6.99. The van der Waals surface area contributed by atoms with Crippen LogP contribution in [0.1, 0.15) is 30.6 Å². The molecule has 27 heavy (non-hydrogen) atoms. The first kappa shape index (κ1) is 20.9. The molecule has 2 atom stereocenters. The number of benzene rings is 1. The van der Waals surface area contributed by atoms with Gasteiger partial charge in [-0.2, -0.15) is 4.72 Å². The minimum Gasteiger partial charge on any atom is -0.452 e. The summed E-state index contributed by atoms with van der Waals surface area (Å²) in [5, 5.41) is 0. The molecule has 2 rings (SSSR count). The molecule has 1 aromatic rings. The minimum atomic E-state index is -3.81. The normalized spacial score (nSPS) is 20.0. The van der Waals surface area contributed by atoms with Crippen molar-refractivity contribution in [3.8, 4) is 12.3 Å². The monoisotopic (exact) mass is 392 g/mol. The molecular weight excluding hydrogens is 368 g/mol. The number of rotatable bonds is 6. The van der Waals surface area contributed by atoms with Gasteiger partial charge >= 0.3 is 5.97 Å². The summed E-state index contributed by atoms with van der Waals surface area (Å²) in [6.07, 6.45) is 6.12. The molecular formula is C19H24N2O5S. The van der Waals surface area contributed by atoms with Crippen LogP contribution < -0.4 is 4.72 Å². The molecule has 0 aromatic heterocycles. The number of terminal acetylenes is 1. The van der Waals surface area contributed by atoms with Gasteiger partial charge < -0.3 is 9.64 Å². The minimum absolute atomic E-state index is 0.0479. The van der Waals surface area contributed by atoms with E-state index < -0.39 is 16.0 Å². The van der Waals surface area contributed by atoms with Crippen molar-refractivity contribution in [1.82, 2.24) is 9.62 Å². The number of nitrogens with zero attached hydrogens (tertiary/aromatic N) is 1. The fourth-order valence-corrected chi connectivity index (χ4v) is 4.16. The Bertz CT molecular complexity index is 834. The van der Waals surface area contributed by atoms with E-state index in [2.05, 4.69) is 24.5 Å². The number of ether oxygens (including phenoxy) is 1. The van der Waals surface area contributed by atoms with Crippen molar-refractivity contribution in [2.45, 2.75) is 25.2 Å². The Morgan fingerprint density at radius 2 is 1.96 bits per heavy atom. The molecule has 1 heterocycles. The number of nitrogens with one attached hydrogen (secondary N) is 1. The second-order valence-corrected chi connectivity index (χ2v) is 8.64. The van der Waals surface area contributed by atoms with E-state index in [9.17, 15) is 18.0 Å². The fourth-order valence-electron chi connectivity index (χ4n) is 3.18. The number of likely N-dealkylation sites (tertiary alicyclic amines) is 1. The summed E-state index contributed by atoms with van der Waals surface area (Å²) < 4.78 is 31.5. The summed E-state index contributed by atoms with van der Waals surface area (Å²) in [7, 11) is -3.81. The van der Waals surface area contributed by atoms with Crippen LogP contribution >= 0.6 is 0 Å². The van der Waals surface area contributed by atoms with Crippen LogP contribution in [0.25, 0.3) is 0 Å². The number of hydrogen-bond acceptors (Lipinski definition) is 5. The third-order valence-electron chi connectivity index (χ3n) is 4.29. The molecule has 0 aliphatic carbocycles. The van der Waals surface area contributed by atoms with E-state index in [0.717, 1.165) is 6.42 Å². The fraction of sp³-hybridized carbons (Fsp3) is 0.474. The molecule has 7 nitrogen and oxygen atoms in total. The van der Waals surface area contributed by atoms with Gasteiger partial charge in [0.15, 0.2) is 6.61 Å². The first-order valence-electron chi connectivity index (χ1n) is 8.71. The zero-order valence-corrected chi connectivity index (χ0v) is 16.3. The lowest BCUT2D eigenvalue weighted by molar-refractivity contribution is -0.137. The molecule has 0 spiro atoms. The number of carbonyl (C=O) groups excluding carboxylic acids is 2. The molecule has 1 fully saturated rings. The Hall–Kier alpha value is -2.37. The third kappa shape index (κ3) is 5.81. The number of esters is 1. The van der Waals surface area contributed by atoms with Crippen molar-refractivity contribution in [3.63, 3.8) is 0 Å². The molecule has 1 aromatic carbocycles. The number of piperidine rings is 1. The van der Waals surface area contributed by atoms with Gasteiger partial charge in [0.1, 0.15) is 0 Å². The lowest BCUT2D eigenvalue weighted by Gasteiger charge is -2.34. The maximum Gasteiger partial charge on any atom is 0.338 e. The molecule has 0 radical (unpaired) electrons. The van der Waals surface area contributed by atoms with Crippen molar-refractivity contribution in [2.75, 3.05) is 26.2 Å². The van der Waals surface area contributed by atoms with Gasteiger partial charge in [0.2, 0.25) is 10.0 Å². The smallest absolute Gasteiger partial charge is 0.338 e. The molecule has 1 amide bonds. The van der Waals surface area contributed by atoms with Crippen LogP contribution in [0.2, 0.25) is 0 Å². The van der Waals surface area contributed by atoms with E-state index in [1.807, 2.05) is 0 Å². The van der Waals surface area contributed by atoms with E-state index >= 15 is 0 Å². The van der Waals surface area contributed by atoms with Crippen LogP contribution in [-0.2, 0) is 19.6 Å². The lowest BCUT2D eigenvalue weighted by Crippen LogP contribution is -2.44. The molecule has 146 valence electrons. The highest BCUT2D eigenvalue weighted by molar-refractivity contribution is 7.89. The highest BCUT2D eigenvalue weighted by Crippen LogP contribution is 2.21. The molecule has 1 aliphatic heterocycles. The van der Waals surface area contributed by atoms with Crippen LogP contribution in [0.15, 0.2) is 29.2 Å². The molecule has 0 bridgehead atoms. The molecule has 1 N–H and O–H groups in total. The maximum absolute atomic E-state index is 12.3. The van der Waals surface area contributed by atoms with Crippen LogP contribution in [0.4, 0.5) is 0 Å². The van der Waals surface area contributed by atoms with Gasteiger partial charge in [-0.05, 0) is 36.5 Å². The zero-order valence-electron chi connectivity index (χ0n) is 15.5. The third-order valence-corrected chi connectivity index (χ3v) is 5.69. The van der Waals surface area contributed by atoms with Gasteiger partial charge in [0.25, 0.3) is 5.91 Å². The average molecular weight is 392 g/mol. The van der Waals surface area contributed by atoms with Crippen LogP contribution in [0.5, 0.6) is 0 Å². The van der Waals surface area contributed by atoms with Gasteiger partial charge in [-0.1, -0.05) is 25.8 Å². The summed E-state index contributed by atoms with van der Waals surface area (Å²) in [6.45, 7) is 4.94. The predicted molar refractivity (Wildman–Crippen MR) is 100 cm³/mol. The molecule has 0 saturated carbocycles. The number of sulfonamides is 1. The second kappa shape index (κ2) is 9.02. The van der Waals surface area contributed by atoms with E-state index in [4.69, 9.17) is 11.2 Å². The van der Waals surface area contributed by atoms with E-state index in [1.165, 1.54) is 24.3 Å². The molecule has 1 aliphatic rings. The summed E-state index contributed by atoms with van der Waals surface area (Å²) in [6, 6.07) is 5.39. The Labute approximate surface area is 160 Å². The van der Waals surface area contributed by atoms with Crippen LogP contribution in [-0.4, -0.2) is 51.4 Å². The largest absolute Gasteiger partial charge is 0.452 e. The van der Waals surface area contributed by atoms with E-state index in [1.54, 1.807) is 4.90 Å². The summed E-state index contributed by atoms with van der Waals surface area (Å²) >= 11 is 0. The predicted octanol–water partition coefficient (Wildman–Crippen LogP) is 1.26. The number of hydrogen-bond donors (Lipinski definition) is 1. The first-order chi connectivity index (χ1) is 12.7. The maximum atomic E-state index is 12.3. The second-order valence-electron chi connectivity index (χ2n) is 6.88. The average Bonchev–Trinajstić information content (AvgIpc) is 2.63. The van der Waals surface area contributed by atoms with E-state index in [0.29, 0.717) is 24.9 Å². The quantitative estimate of drug-likeness (QED) is 0.581. The Morgan fingerprint density at radius 3 is 2.59 bits per heavy atom.